The number of fused-ring (bicyclic) bond motifs is 7. The predicted octanol–water partition coefficient (Wildman–Crippen LogP) is 16.9. The van der Waals surface area contributed by atoms with E-state index in [0.29, 0.717) is 5.82 Å². The first kappa shape index (κ1) is 38.5. The Balaban J connectivity index is 0.977. The lowest BCUT2D eigenvalue weighted by molar-refractivity contribution is 0.669. The third kappa shape index (κ3) is 6.65. The summed E-state index contributed by atoms with van der Waals surface area (Å²) in [5.74, 6) is 0.683. The molecule has 0 aliphatic rings. The van der Waals surface area contributed by atoms with Crippen molar-refractivity contribution in [2.24, 2.45) is 0 Å². The van der Waals surface area contributed by atoms with Gasteiger partial charge in [0.15, 0.2) is 5.82 Å². The summed E-state index contributed by atoms with van der Waals surface area (Å²) in [5, 5.41) is 7.79. The van der Waals surface area contributed by atoms with Gasteiger partial charge in [0.25, 0.3) is 0 Å². The molecule has 3 aromatic heterocycles. The second kappa shape index (κ2) is 15.9. The quantitative estimate of drug-likeness (QED) is 0.150. The van der Waals surface area contributed by atoms with Crippen molar-refractivity contribution < 1.29 is 4.42 Å². The summed E-state index contributed by atoms with van der Waals surface area (Å²) in [5.41, 5.74) is 16.2. The van der Waals surface area contributed by atoms with E-state index in [-0.39, 0.29) is 0 Å². The van der Waals surface area contributed by atoms with Crippen LogP contribution in [0.3, 0.4) is 0 Å². The minimum atomic E-state index is 0.683. The molecule has 0 amide bonds. The molecular weight excluding hydrogens is 815 g/mol. The minimum absolute atomic E-state index is 0.683. The molecule has 3 heterocycles. The Bertz CT molecular complexity index is 4010. The number of benzene rings is 10. The van der Waals surface area contributed by atoms with Crippen LogP contribution in [-0.4, -0.2) is 15.0 Å². The van der Waals surface area contributed by atoms with Crippen LogP contribution >= 0.6 is 0 Å². The number of furan rings is 1. The first-order chi connectivity index (χ1) is 33.2. The SMILES string of the molecule is c1ccc(-c2ccc(-c3nc(-c4ccccc4)cc(-c4ccc(-c5cccc(-c6nc7ccccc7c7c(-c8ccccc8)c8c(cc67)oc6ccccc68)c5)c5ccccc45)n3)cc2)cc1. The van der Waals surface area contributed by atoms with Gasteiger partial charge in [0.05, 0.1) is 22.6 Å². The standard InChI is InChI=1S/C63H39N3O/c1-4-17-40(18-5-1)41-31-33-44(34-32-41)63-65-55(42-19-6-2-7-20-42)39-56(66-63)50-36-35-47(48-25-10-11-26-49(48)50)45-23-16-24-46(37-45)62-53-38-58-61(52-28-13-15-30-57(52)67-58)59(43-21-8-3-9-22-43)60(53)51-27-12-14-29-54(51)64-62/h1-39H. The van der Waals surface area contributed by atoms with Crippen LogP contribution in [0.25, 0.3) is 133 Å². The number of nitrogens with zero attached hydrogens (tertiary/aromatic N) is 3. The summed E-state index contributed by atoms with van der Waals surface area (Å²) in [4.78, 5) is 15.9. The Morgan fingerprint density at radius 1 is 0.284 bits per heavy atom. The molecule has 0 radical (unpaired) electrons. The van der Waals surface area contributed by atoms with Crippen LogP contribution in [0.4, 0.5) is 0 Å². The second-order valence-corrected chi connectivity index (χ2v) is 17.0. The molecule has 10 aromatic carbocycles. The van der Waals surface area contributed by atoms with Gasteiger partial charge in [-0.05, 0) is 68.9 Å². The zero-order chi connectivity index (χ0) is 44.3. The molecule has 0 saturated carbocycles. The highest BCUT2D eigenvalue weighted by Gasteiger charge is 2.22. The summed E-state index contributed by atoms with van der Waals surface area (Å²) in [6.07, 6.45) is 0. The minimum Gasteiger partial charge on any atom is -0.456 e. The molecule has 312 valence electrons. The number of rotatable bonds is 7. The molecule has 0 spiro atoms. The van der Waals surface area contributed by atoms with Gasteiger partial charge in [-0.1, -0.05) is 206 Å². The molecule has 4 heteroatoms. The number of hydrogen-bond acceptors (Lipinski definition) is 4. The van der Waals surface area contributed by atoms with Crippen molar-refractivity contribution in [3.8, 4) is 78.5 Å². The van der Waals surface area contributed by atoms with Crippen LogP contribution in [0.2, 0.25) is 0 Å². The average molecular weight is 854 g/mol. The maximum Gasteiger partial charge on any atom is 0.160 e. The molecule has 0 atom stereocenters. The van der Waals surface area contributed by atoms with Crippen molar-refractivity contribution >= 4 is 54.4 Å². The van der Waals surface area contributed by atoms with Crippen molar-refractivity contribution in [3.63, 3.8) is 0 Å². The van der Waals surface area contributed by atoms with Crippen LogP contribution in [0.15, 0.2) is 241 Å². The van der Waals surface area contributed by atoms with Crippen molar-refractivity contribution in [2.75, 3.05) is 0 Å². The van der Waals surface area contributed by atoms with E-state index in [2.05, 4.69) is 218 Å². The van der Waals surface area contributed by atoms with Gasteiger partial charge in [-0.2, -0.15) is 0 Å². The number of aromatic nitrogens is 3. The van der Waals surface area contributed by atoms with E-state index in [9.17, 15) is 0 Å². The molecular formula is C63H39N3O. The van der Waals surface area contributed by atoms with E-state index < -0.39 is 0 Å². The van der Waals surface area contributed by atoms with E-state index in [1.807, 2.05) is 18.2 Å². The maximum absolute atomic E-state index is 6.66. The molecule has 13 aromatic rings. The van der Waals surface area contributed by atoms with Gasteiger partial charge in [0.1, 0.15) is 11.2 Å². The molecule has 67 heavy (non-hydrogen) atoms. The van der Waals surface area contributed by atoms with Gasteiger partial charge in [-0.15, -0.1) is 0 Å². The molecule has 0 N–H and O–H groups in total. The van der Waals surface area contributed by atoms with Gasteiger partial charge >= 0.3 is 0 Å². The summed E-state index contributed by atoms with van der Waals surface area (Å²) in [6, 6.07) is 83.2. The zero-order valence-electron chi connectivity index (χ0n) is 36.3. The normalized spacial score (nSPS) is 11.6. The van der Waals surface area contributed by atoms with Crippen LogP contribution in [0, 0.1) is 0 Å². The molecule has 0 bridgehead atoms. The van der Waals surface area contributed by atoms with Crippen LogP contribution < -0.4 is 0 Å². The van der Waals surface area contributed by atoms with Crippen molar-refractivity contribution in [1.29, 1.82) is 0 Å². The van der Waals surface area contributed by atoms with E-state index in [0.717, 1.165) is 122 Å². The Hall–Kier alpha value is -8.99. The fraction of sp³-hybridized carbons (Fsp3) is 0. The van der Waals surface area contributed by atoms with Gasteiger partial charge in [-0.25, -0.2) is 15.0 Å². The smallest absolute Gasteiger partial charge is 0.160 e. The highest BCUT2D eigenvalue weighted by atomic mass is 16.3. The second-order valence-electron chi connectivity index (χ2n) is 17.0. The lowest BCUT2D eigenvalue weighted by atomic mass is 9.88. The largest absolute Gasteiger partial charge is 0.456 e. The van der Waals surface area contributed by atoms with Crippen molar-refractivity contribution in [3.05, 3.63) is 237 Å². The summed E-state index contributed by atoms with van der Waals surface area (Å²) >= 11 is 0. The number of para-hydroxylation sites is 2. The lowest BCUT2D eigenvalue weighted by Gasteiger charge is -2.17. The van der Waals surface area contributed by atoms with E-state index >= 15 is 0 Å². The Morgan fingerprint density at radius 3 is 1.60 bits per heavy atom. The molecule has 0 aliphatic carbocycles. The molecule has 0 fully saturated rings. The summed E-state index contributed by atoms with van der Waals surface area (Å²) in [7, 11) is 0. The predicted molar refractivity (Wildman–Crippen MR) is 278 cm³/mol. The fourth-order valence-corrected chi connectivity index (χ4v) is 9.95. The summed E-state index contributed by atoms with van der Waals surface area (Å²) < 4.78 is 6.66. The van der Waals surface area contributed by atoms with Crippen molar-refractivity contribution in [2.45, 2.75) is 0 Å². The van der Waals surface area contributed by atoms with Gasteiger partial charge in [0.2, 0.25) is 0 Å². The summed E-state index contributed by atoms with van der Waals surface area (Å²) in [6.45, 7) is 0. The monoisotopic (exact) mass is 853 g/mol. The Morgan fingerprint density at radius 2 is 0.836 bits per heavy atom. The molecule has 13 rings (SSSR count). The highest BCUT2D eigenvalue weighted by Crippen LogP contribution is 2.47. The zero-order valence-corrected chi connectivity index (χ0v) is 36.3. The molecule has 4 nitrogen and oxygen atoms in total. The highest BCUT2D eigenvalue weighted by molar-refractivity contribution is 6.27. The number of hydrogen-bond donors (Lipinski definition) is 0. The maximum atomic E-state index is 6.66. The first-order valence-corrected chi connectivity index (χ1v) is 22.7. The topological polar surface area (TPSA) is 51.8 Å². The Kier molecular flexibility index (Phi) is 9.14. The molecule has 0 saturated heterocycles. The van der Waals surface area contributed by atoms with Gasteiger partial charge in [-0.3, -0.25) is 0 Å². The van der Waals surface area contributed by atoms with Crippen LogP contribution in [-0.2, 0) is 0 Å². The van der Waals surface area contributed by atoms with Crippen molar-refractivity contribution in [1.82, 2.24) is 15.0 Å². The van der Waals surface area contributed by atoms with E-state index in [1.54, 1.807) is 0 Å². The third-order valence-corrected chi connectivity index (χ3v) is 13.1. The van der Waals surface area contributed by atoms with E-state index in [4.69, 9.17) is 19.4 Å². The lowest BCUT2D eigenvalue weighted by Crippen LogP contribution is -1.97. The van der Waals surface area contributed by atoms with E-state index in [1.165, 1.54) is 5.56 Å². The fourth-order valence-electron chi connectivity index (χ4n) is 9.95. The van der Waals surface area contributed by atoms with Gasteiger partial charge < -0.3 is 4.42 Å². The first-order valence-electron chi connectivity index (χ1n) is 22.7. The third-order valence-electron chi connectivity index (χ3n) is 13.1. The molecule has 0 aliphatic heterocycles. The number of pyridine rings is 1. The van der Waals surface area contributed by atoms with Crippen LogP contribution in [0.1, 0.15) is 0 Å². The van der Waals surface area contributed by atoms with Gasteiger partial charge in [0, 0.05) is 54.7 Å². The van der Waals surface area contributed by atoms with Crippen LogP contribution in [0.5, 0.6) is 0 Å². The molecule has 0 unspecified atom stereocenters. The Labute approximate surface area is 387 Å². The average Bonchev–Trinajstić information content (AvgIpc) is 3.78.